The van der Waals surface area contributed by atoms with Crippen molar-refractivity contribution in [2.24, 2.45) is 5.92 Å². The fourth-order valence-corrected chi connectivity index (χ4v) is 3.10. The summed E-state index contributed by atoms with van der Waals surface area (Å²) in [5, 5.41) is 0.323. The molecule has 0 aromatic rings. The molecule has 0 aliphatic heterocycles. The van der Waals surface area contributed by atoms with Crippen LogP contribution in [-0.2, 0) is 9.16 Å². The van der Waals surface area contributed by atoms with Crippen LogP contribution in [-0.4, -0.2) is 28.1 Å². The van der Waals surface area contributed by atoms with Gasteiger partial charge in [0.05, 0.1) is 6.61 Å². The molecule has 0 atom stereocenters. The summed E-state index contributed by atoms with van der Waals surface area (Å²) >= 11 is 0. The Hall–Kier alpha value is -0.383. The molecule has 1 aliphatic rings. The van der Waals surface area contributed by atoms with E-state index in [1.807, 2.05) is 0 Å². The Bertz CT molecular complexity index is 328. The summed E-state index contributed by atoms with van der Waals surface area (Å²) in [6.45, 7) is 14.2. The minimum Gasteiger partial charge on any atom is -0.417 e. The number of hydrogen-bond donors (Lipinski definition) is 0. The predicted octanol–water partition coefficient (Wildman–Crippen LogP) is 5.33. The molecule has 0 bridgehead atoms. The van der Waals surface area contributed by atoms with E-state index in [-0.39, 0.29) is 0 Å². The fourth-order valence-electron chi connectivity index (χ4n) is 2.01. The summed E-state index contributed by atoms with van der Waals surface area (Å²) in [4.78, 5) is 0. The van der Waals surface area contributed by atoms with E-state index in [9.17, 15) is 0 Å². The molecule has 0 radical (unpaired) electrons. The van der Waals surface area contributed by atoms with Crippen molar-refractivity contribution in [2.45, 2.75) is 64.6 Å². The van der Waals surface area contributed by atoms with Crippen LogP contribution in [0, 0.1) is 5.92 Å². The minimum absolute atomic E-state index is 0.323. The van der Waals surface area contributed by atoms with Crippen LogP contribution in [0.1, 0.15) is 46.5 Å². The Morgan fingerprint density at radius 3 is 2.05 bits per heavy atom. The maximum Gasteiger partial charge on any atom is 0.191 e. The van der Waals surface area contributed by atoms with Crippen LogP contribution in [0.3, 0.4) is 0 Å². The summed E-state index contributed by atoms with van der Waals surface area (Å²) in [5.41, 5.74) is 0. The van der Waals surface area contributed by atoms with E-state index in [1.165, 1.54) is 25.7 Å². The Morgan fingerprint density at radius 1 is 0.905 bits per heavy atom. The van der Waals surface area contributed by atoms with Crippen LogP contribution in [0.2, 0.25) is 18.1 Å². The van der Waals surface area contributed by atoms with Crippen molar-refractivity contribution in [1.29, 1.82) is 0 Å². The molecule has 3 heteroatoms. The van der Waals surface area contributed by atoms with Gasteiger partial charge in [-0.3, -0.25) is 0 Å². The van der Waals surface area contributed by atoms with E-state index in [1.54, 1.807) is 0 Å². The summed E-state index contributed by atoms with van der Waals surface area (Å²) in [5.74, 6) is 0.503. The quantitative estimate of drug-likeness (QED) is 0.401. The number of rotatable bonds is 10. The molecule has 2 nitrogen and oxygen atoms in total. The predicted molar refractivity (Wildman–Crippen MR) is 94.2 cm³/mol. The third kappa shape index (κ3) is 7.43. The molecule has 1 rings (SSSR count). The van der Waals surface area contributed by atoms with Crippen molar-refractivity contribution in [3.8, 4) is 0 Å². The van der Waals surface area contributed by atoms with Crippen molar-refractivity contribution >= 4 is 8.32 Å². The van der Waals surface area contributed by atoms with Crippen LogP contribution in [0.25, 0.3) is 0 Å². The van der Waals surface area contributed by atoms with E-state index in [2.05, 4.69) is 58.2 Å². The van der Waals surface area contributed by atoms with E-state index >= 15 is 0 Å². The molecular weight excluding hydrogens is 276 g/mol. The summed E-state index contributed by atoms with van der Waals surface area (Å²) in [7, 11) is -1.54. The van der Waals surface area contributed by atoms with Crippen molar-refractivity contribution in [3.63, 3.8) is 0 Å². The zero-order valence-electron chi connectivity index (χ0n) is 14.7. The number of hydrogen-bond acceptors (Lipinski definition) is 2. The van der Waals surface area contributed by atoms with Gasteiger partial charge >= 0.3 is 0 Å². The molecule has 0 aromatic carbocycles. The van der Waals surface area contributed by atoms with Gasteiger partial charge in [-0.1, -0.05) is 57.9 Å². The van der Waals surface area contributed by atoms with Gasteiger partial charge in [-0.05, 0) is 31.0 Å². The van der Waals surface area contributed by atoms with Crippen LogP contribution < -0.4 is 0 Å². The molecular formula is C18H34O2Si. The monoisotopic (exact) mass is 310 g/mol. The Balaban J connectivity index is 1.91. The Morgan fingerprint density at radius 2 is 1.48 bits per heavy atom. The SMILES string of the molecule is CC(C)(C)[Si](C)(C)OCCCCCCOCC1C=CC=C1. The van der Waals surface area contributed by atoms with Gasteiger partial charge in [-0.15, -0.1) is 0 Å². The average molecular weight is 311 g/mol. The normalized spacial score (nSPS) is 16.0. The molecule has 0 spiro atoms. The lowest BCUT2D eigenvalue weighted by Gasteiger charge is -2.36. The summed E-state index contributed by atoms with van der Waals surface area (Å²) < 4.78 is 11.9. The first-order valence-electron chi connectivity index (χ1n) is 8.40. The topological polar surface area (TPSA) is 18.5 Å². The standard InChI is InChI=1S/C18H34O2Si/c1-18(2,3)21(4,5)20-15-11-7-6-10-14-19-16-17-12-8-9-13-17/h8-9,12-13,17H,6-7,10-11,14-16H2,1-5H3. The van der Waals surface area contributed by atoms with Gasteiger partial charge in [-0.2, -0.15) is 0 Å². The zero-order valence-corrected chi connectivity index (χ0v) is 15.7. The third-order valence-corrected chi connectivity index (χ3v) is 9.13. The molecule has 0 saturated heterocycles. The maximum absolute atomic E-state index is 6.18. The number of unbranched alkanes of at least 4 members (excludes halogenated alkanes) is 3. The highest BCUT2D eigenvalue weighted by molar-refractivity contribution is 6.74. The van der Waals surface area contributed by atoms with E-state index in [0.717, 1.165) is 19.8 Å². The molecule has 0 amide bonds. The van der Waals surface area contributed by atoms with Gasteiger partial charge in [0.1, 0.15) is 0 Å². The zero-order chi connectivity index (χ0) is 15.8. The molecule has 0 N–H and O–H groups in total. The lowest BCUT2D eigenvalue weighted by Crippen LogP contribution is -2.40. The number of ether oxygens (including phenoxy) is 1. The molecule has 0 aromatic heterocycles. The first-order valence-corrected chi connectivity index (χ1v) is 11.3. The van der Waals surface area contributed by atoms with E-state index in [4.69, 9.17) is 9.16 Å². The van der Waals surface area contributed by atoms with Gasteiger partial charge in [0.15, 0.2) is 8.32 Å². The van der Waals surface area contributed by atoms with E-state index < -0.39 is 8.32 Å². The Kier molecular flexibility index (Phi) is 7.92. The molecule has 0 heterocycles. The molecule has 1 aliphatic carbocycles. The van der Waals surface area contributed by atoms with E-state index in [0.29, 0.717) is 11.0 Å². The third-order valence-electron chi connectivity index (χ3n) is 4.59. The molecule has 0 saturated carbocycles. The van der Waals surface area contributed by atoms with Crippen molar-refractivity contribution < 1.29 is 9.16 Å². The smallest absolute Gasteiger partial charge is 0.191 e. The lowest BCUT2D eigenvalue weighted by atomic mass is 10.2. The van der Waals surface area contributed by atoms with Crippen LogP contribution >= 0.6 is 0 Å². The summed E-state index contributed by atoms with van der Waals surface area (Å²) in [6, 6.07) is 0. The molecule has 0 unspecified atom stereocenters. The first-order chi connectivity index (χ1) is 9.83. The highest BCUT2D eigenvalue weighted by Gasteiger charge is 2.36. The van der Waals surface area contributed by atoms with Gasteiger partial charge in [0.25, 0.3) is 0 Å². The minimum atomic E-state index is -1.54. The van der Waals surface area contributed by atoms with Crippen LogP contribution in [0.15, 0.2) is 24.3 Å². The number of allylic oxidation sites excluding steroid dienone is 2. The molecule has 0 fully saturated rings. The average Bonchev–Trinajstić information content (AvgIpc) is 2.88. The van der Waals surface area contributed by atoms with Crippen LogP contribution in [0.4, 0.5) is 0 Å². The van der Waals surface area contributed by atoms with Gasteiger partial charge in [-0.25, -0.2) is 0 Å². The maximum atomic E-state index is 6.18. The molecule has 21 heavy (non-hydrogen) atoms. The highest BCUT2D eigenvalue weighted by atomic mass is 28.4. The largest absolute Gasteiger partial charge is 0.417 e. The highest BCUT2D eigenvalue weighted by Crippen LogP contribution is 2.36. The van der Waals surface area contributed by atoms with Crippen molar-refractivity contribution in [3.05, 3.63) is 24.3 Å². The molecule has 122 valence electrons. The van der Waals surface area contributed by atoms with Crippen molar-refractivity contribution in [2.75, 3.05) is 19.8 Å². The Labute approximate surface area is 132 Å². The van der Waals surface area contributed by atoms with Gasteiger partial charge in [0.2, 0.25) is 0 Å². The first kappa shape index (κ1) is 18.7. The van der Waals surface area contributed by atoms with Crippen molar-refractivity contribution in [1.82, 2.24) is 0 Å². The summed E-state index contributed by atoms with van der Waals surface area (Å²) in [6.07, 6.45) is 13.4. The fraction of sp³-hybridized carbons (Fsp3) is 0.778. The van der Waals surface area contributed by atoms with Gasteiger partial charge < -0.3 is 9.16 Å². The second-order valence-electron chi connectivity index (χ2n) is 7.53. The second-order valence-corrected chi connectivity index (χ2v) is 12.3. The second kappa shape index (κ2) is 8.91. The van der Waals surface area contributed by atoms with Crippen LogP contribution in [0.5, 0.6) is 0 Å². The lowest BCUT2D eigenvalue weighted by molar-refractivity contribution is 0.119. The van der Waals surface area contributed by atoms with Gasteiger partial charge in [0, 0.05) is 19.1 Å².